The average Bonchev–Trinajstić information content (AvgIpc) is 2.60. The van der Waals surface area contributed by atoms with E-state index >= 15 is 0 Å². The third-order valence-corrected chi connectivity index (χ3v) is 3.79. The molecule has 5 atom stereocenters. The van der Waals surface area contributed by atoms with Crippen LogP contribution in [0.1, 0.15) is 17.3 Å². The van der Waals surface area contributed by atoms with Gasteiger partial charge in [0.25, 0.3) is 0 Å². The Bertz CT molecular complexity index is 622. The Hall–Kier alpha value is -2.20. The summed E-state index contributed by atoms with van der Waals surface area (Å²) in [7, 11) is 1.22. The van der Waals surface area contributed by atoms with Crippen molar-refractivity contribution in [2.45, 2.75) is 37.6 Å². The highest BCUT2D eigenvalue weighted by atomic mass is 16.7. The maximum absolute atomic E-state index is 11.8. The summed E-state index contributed by atoms with van der Waals surface area (Å²) in [6.07, 6.45) is -5.22. The highest BCUT2D eigenvalue weighted by Gasteiger charge is 2.46. The first-order valence-electron chi connectivity index (χ1n) is 7.62. The van der Waals surface area contributed by atoms with Crippen molar-refractivity contribution in [3.05, 3.63) is 29.8 Å². The summed E-state index contributed by atoms with van der Waals surface area (Å²) in [5.74, 6) is -1.01. The molecule has 1 aliphatic rings. The van der Waals surface area contributed by atoms with Gasteiger partial charge in [0.15, 0.2) is 0 Å². The van der Waals surface area contributed by atoms with Crippen LogP contribution in [0.5, 0.6) is 5.75 Å². The molecule has 1 heterocycles. The standard InChI is InChI=1S/C16H21NO8/c1-8(19)17-12-14(21)13(20)11(7-18)25-16(12)24-10-6-4-3-5-9(10)15(22)23-2/h3-6,11-14,16,18,20-21H,7H2,1-2H3,(H,17,19)/t11-,12+,13-,14+,16-/m1/s1. The number of aliphatic hydroxyl groups excluding tert-OH is 3. The minimum Gasteiger partial charge on any atom is -0.465 e. The van der Waals surface area contributed by atoms with Gasteiger partial charge in [0.05, 0.1) is 13.7 Å². The van der Waals surface area contributed by atoms with Crippen molar-refractivity contribution in [2.24, 2.45) is 0 Å². The lowest BCUT2D eigenvalue weighted by Crippen LogP contribution is -2.65. The number of benzene rings is 1. The molecule has 0 bridgehead atoms. The van der Waals surface area contributed by atoms with Crippen LogP contribution >= 0.6 is 0 Å². The van der Waals surface area contributed by atoms with Crippen LogP contribution in [0.4, 0.5) is 0 Å². The van der Waals surface area contributed by atoms with Gasteiger partial charge in [-0.15, -0.1) is 0 Å². The van der Waals surface area contributed by atoms with Crippen LogP contribution in [0.2, 0.25) is 0 Å². The lowest BCUT2D eigenvalue weighted by molar-refractivity contribution is -0.244. The lowest BCUT2D eigenvalue weighted by Gasteiger charge is -2.42. The molecule has 4 N–H and O–H groups in total. The number of aliphatic hydroxyl groups is 3. The molecule has 0 aromatic heterocycles. The first kappa shape index (κ1) is 19.1. The van der Waals surface area contributed by atoms with Crippen LogP contribution < -0.4 is 10.1 Å². The second kappa shape index (κ2) is 8.26. The minimum absolute atomic E-state index is 0.106. The van der Waals surface area contributed by atoms with Gasteiger partial charge in [0.1, 0.15) is 35.7 Å². The van der Waals surface area contributed by atoms with Crippen LogP contribution in [0, 0.1) is 0 Å². The van der Waals surface area contributed by atoms with Crippen LogP contribution in [-0.4, -0.2) is 71.6 Å². The molecule has 1 saturated heterocycles. The van der Waals surface area contributed by atoms with E-state index in [0.29, 0.717) is 0 Å². The fourth-order valence-corrected chi connectivity index (χ4v) is 2.54. The number of hydrogen-bond acceptors (Lipinski definition) is 8. The predicted octanol–water partition coefficient (Wildman–Crippen LogP) is -1.20. The van der Waals surface area contributed by atoms with Gasteiger partial charge in [-0.25, -0.2) is 4.79 Å². The number of ether oxygens (including phenoxy) is 3. The third kappa shape index (κ3) is 4.26. The molecule has 0 radical (unpaired) electrons. The van der Waals surface area contributed by atoms with E-state index in [2.05, 4.69) is 10.1 Å². The Balaban J connectivity index is 2.30. The highest BCUT2D eigenvalue weighted by molar-refractivity contribution is 5.92. The molecule has 9 heteroatoms. The van der Waals surface area contributed by atoms with Crippen molar-refractivity contribution in [3.8, 4) is 5.75 Å². The van der Waals surface area contributed by atoms with E-state index in [1.165, 1.54) is 26.2 Å². The number of amides is 1. The SMILES string of the molecule is COC(=O)c1ccccc1O[C@@H]1O[C@H](CO)[C@@H](O)[C@@H](O)[C@@H]1NC(C)=O. The largest absolute Gasteiger partial charge is 0.465 e. The number of carbonyl (C=O) groups excluding carboxylic acids is 2. The van der Waals surface area contributed by atoms with Crippen molar-refractivity contribution >= 4 is 11.9 Å². The second-order valence-electron chi connectivity index (χ2n) is 5.54. The first-order chi connectivity index (χ1) is 11.9. The van der Waals surface area contributed by atoms with Crippen molar-refractivity contribution in [2.75, 3.05) is 13.7 Å². The summed E-state index contributed by atoms with van der Waals surface area (Å²) in [6, 6.07) is 5.09. The zero-order chi connectivity index (χ0) is 18.6. The highest BCUT2D eigenvalue weighted by Crippen LogP contribution is 2.27. The number of para-hydroxylation sites is 1. The molecule has 0 spiro atoms. The molecule has 1 fully saturated rings. The van der Waals surface area contributed by atoms with Crippen molar-refractivity contribution < 1.29 is 39.1 Å². The summed E-state index contributed by atoms with van der Waals surface area (Å²) in [5.41, 5.74) is 0.122. The Morgan fingerprint density at radius 3 is 2.52 bits per heavy atom. The molecule has 2 rings (SSSR count). The van der Waals surface area contributed by atoms with Gasteiger partial charge < -0.3 is 34.8 Å². The van der Waals surface area contributed by atoms with Crippen LogP contribution in [0.15, 0.2) is 24.3 Å². The monoisotopic (exact) mass is 355 g/mol. The maximum Gasteiger partial charge on any atom is 0.341 e. The van der Waals surface area contributed by atoms with Gasteiger partial charge in [-0.3, -0.25) is 4.79 Å². The topological polar surface area (TPSA) is 135 Å². The molecular formula is C16H21NO8. The molecule has 0 aliphatic carbocycles. The van der Waals surface area contributed by atoms with Crippen LogP contribution in [0.3, 0.4) is 0 Å². The number of rotatable bonds is 5. The molecule has 0 unspecified atom stereocenters. The van der Waals surface area contributed by atoms with E-state index in [1.807, 2.05) is 0 Å². The summed E-state index contributed by atoms with van der Waals surface area (Å²) < 4.78 is 15.8. The third-order valence-electron chi connectivity index (χ3n) is 3.79. The quantitative estimate of drug-likeness (QED) is 0.484. The molecule has 138 valence electrons. The minimum atomic E-state index is -1.44. The molecule has 25 heavy (non-hydrogen) atoms. The van der Waals surface area contributed by atoms with Gasteiger partial charge >= 0.3 is 5.97 Å². The second-order valence-corrected chi connectivity index (χ2v) is 5.54. The first-order valence-corrected chi connectivity index (χ1v) is 7.62. The van der Waals surface area contributed by atoms with Gasteiger partial charge in [0.2, 0.25) is 12.2 Å². The Morgan fingerprint density at radius 1 is 1.24 bits per heavy atom. The fourth-order valence-electron chi connectivity index (χ4n) is 2.54. The van der Waals surface area contributed by atoms with Crippen molar-refractivity contribution in [1.29, 1.82) is 0 Å². The smallest absolute Gasteiger partial charge is 0.341 e. The van der Waals surface area contributed by atoms with Crippen LogP contribution in [0.25, 0.3) is 0 Å². The zero-order valence-electron chi connectivity index (χ0n) is 13.8. The van der Waals surface area contributed by atoms with E-state index in [0.717, 1.165) is 0 Å². The van der Waals surface area contributed by atoms with E-state index in [9.17, 15) is 24.9 Å². The summed E-state index contributed by atoms with van der Waals surface area (Å²) >= 11 is 0. The van der Waals surface area contributed by atoms with Crippen molar-refractivity contribution in [3.63, 3.8) is 0 Å². The van der Waals surface area contributed by atoms with Gasteiger partial charge in [-0.05, 0) is 12.1 Å². The zero-order valence-corrected chi connectivity index (χ0v) is 13.8. The Morgan fingerprint density at radius 2 is 1.92 bits per heavy atom. The molecule has 1 aliphatic heterocycles. The van der Waals surface area contributed by atoms with Crippen molar-refractivity contribution in [1.82, 2.24) is 5.32 Å². The Kier molecular flexibility index (Phi) is 6.32. The predicted molar refractivity (Wildman–Crippen MR) is 83.8 cm³/mol. The lowest BCUT2D eigenvalue weighted by atomic mass is 9.97. The summed E-state index contributed by atoms with van der Waals surface area (Å²) in [5, 5.41) is 31.9. The number of carbonyl (C=O) groups is 2. The molecule has 1 aromatic rings. The van der Waals surface area contributed by atoms with E-state index in [1.54, 1.807) is 12.1 Å². The van der Waals surface area contributed by atoms with Crippen LogP contribution in [-0.2, 0) is 14.3 Å². The number of methoxy groups -OCH3 is 1. The number of hydrogen-bond donors (Lipinski definition) is 4. The molecule has 9 nitrogen and oxygen atoms in total. The normalized spacial score (nSPS) is 28.9. The van der Waals surface area contributed by atoms with E-state index in [-0.39, 0.29) is 11.3 Å². The summed E-state index contributed by atoms with van der Waals surface area (Å²) in [4.78, 5) is 23.2. The number of nitrogens with one attached hydrogen (secondary N) is 1. The Labute approximate surface area is 144 Å². The molecule has 1 aromatic carbocycles. The fraction of sp³-hybridized carbons (Fsp3) is 0.500. The molecule has 0 saturated carbocycles. The van der Waals surface area contributed by atoms with Gasteiger partial charge in [-0.1, -0.05) is 12.1 Å². The summed E-state index contributed by atoms with van der Waals surface area (Å²) in [6.45, 7) is 0.667. The van der Waals surface area contributed by atoms with Gasteiger partial charge in [0, 0.05) is 6.92 Å². The van der Waals surface area contributed by atoms with E-state index in [4.69, 9.17) is 9.47 Å². The maximum atomic E-state index is 11.8. The number of esters is 1. The average molecular weight is 355 g/mol. The van der Waals surface area contributed by atoms with Gasteiger partial charge in [-0.2, -0.15) is 0 Å². The molecule has 1 amide bonds. The van der Waals surface area contributed by atoms with E-state index < -0.39 is 49.1 Å². The molecular weight excluding hydrogens is 334 g/mol.